The third kappa shape index (κ3) is 3.89. The highest BCUT2D eigenvalue weighted by Gasteiger charge is 2.17. The lowest BCUT2D eigenvalue weighted by Gasteiger charge is -2.23. The van der Waals surface area contributed by atoms with Crippen molar-refractivity contribution in [2.24, 2.45) is 11.8 Å². The molecule has 0 spiro atoms. The van der Waals surface area contributed by atoms with E-state index in [9.17, 15) is 9.59 Å². The maximum absolute atomic E-state index is 12.0. The van der Waals surface area contributed by atoms with Crippen LogP contribution in [0.5, 0.6) is 0 Å². The van der Waals surface area contributed by atoms with E-state index in [-0.39, 0.29) is 11.7 Å². The van der Waals surface area contributed by atoms with E-state index in [0.717, 1.165) is 6.54 Å². The Bertz CT molecular complexity index is 582. The molecule has 0 aliphatic heterocycles. The maximum atomic E-state index is 12.0. The molecule has 21 heavy (non-hydrogen) atoms. The molecule has 1 fully saturated rings. The highest BCUT2D eigenvalue weighted by molar-refractivity contribution is 5.60. The van der Waals surface area contributed by atoms with E-state index in [4.69, 9.17) is 5.73 Å². The van der Waals surface area contributed by atoms with Gasteiger partial charge in [-0.05, 0) is 24.7 Å². The molecule has 1 saturated carbocycles. The lowest BCUT2D eigenvalue weighted by atomic mass is 9.89. The topological polar surface area (TPSA) is 92.9 Å². The maximum Gasteiger partial charge on any atom is 0.330 e. The van der Waals surface area contributed by atoms with Gasteiger partial charge >= 0.3 is 5.69 Å². The predicted octanol–water partition coefficient (Wildman–Crippen LogP) is 1.77. The normalized spacial score (nSPS) is 16.3. The molecule has 0 saturated heterocycles. The van der Waals surface area contributed by atoms with Crippen molar-refractivity contribution in [3.8, 4) is 0 Å². The van der Waals surface area contributed by atoms with Crippen LogP contribution in [0.2, 0.25) is 0 Å². The Labute approximate surface area is 124 Å². The first-order valence-electron chi connectivity index (χ1n) is 7.85. The fourth-order valence-corrected chi connectivity index (χ4v) is 2.94. The molecule has 0 atom stereocenters. The Hall–Kier alpha value is -1.72. The molecule has 0 aromatic carbocycles. The van der Waals surface area contributed by atoms with Gasteiger partial charge in [0.1, 0.15) is 11.5 Å². The highest BCUT2D eigenvalue weighted by Crippen LogP contribution is 2.24. The average Bonchev–Trinajstić information content (AvgIpc) is 2.44. The second-order valence-electron chi connectivity index (χ2n) is 6.41. The van der Waals surface area contributed by atoms with Crippen LogP contribution in [0.25, 0.3) is 0 Å². The minimum absolute atomic E-state index is 0.244. The molecule has 1 aromatic heterocycles. The van der Waals surface area contributed by atoms with Crippen molar-refractivity contribution in [3.63, 3.8) is 0 Å². The van der Waals surface area contributed by atoms with Crippen LogP contribution in [0.15, 0.2) is 9.59 Å². The van der Waals surface area contributed by atoms with E-state index in [1.54, 1.807) is 0 Å². The molecule has 1 aliphatic carbocycles. The van der Waals surface area contributed by atoms with Crippen LogP contribution in [0.3, 0.4) is 0 Å². The number of aromatic nitrogens is 2. The molecular formula is C15H26N4O2. The molecule has 1 heterocycles. The van der Waals surface area contributed by atoms with Gasteiger partial charge in [-0.25, -0.2) is 4.79 Å². The first-order chi connectivity index (χ1) is 9.99. The molecule has 1 aliphatic rings. The zero-order chi connectivity index (χ0) is 15.4. The van der Waals surface area contributed by atoms with E-state index in [2.05, 4.69) is 10.3 Å². The van der Waals surface area contributed by atoms with Gasteiger partial charge in [-0.2, -0.15) is 0 Å². The quantitative estimate of drug-likeness (QED) is 0.771. The van der Waals surface area contributed by atoms with Gasteiger partial charge in [0.05, 0.1) is 0 Å². The minimum Gasteiger partial charge on any atom is -0.383 e. The molecule has 6 nitrogen and oxygen atoms in total. The first-order valence-corrected chi connectivity index (χ1v) is 7.85. The third-order valence-electron chi connectivity index (χ3n) is 4.08. The summed E-state index contributed by atoms with van der Waals surface area (Å²) in [7, 11) is 0. The molecule has 0 bridgehead atoms. The van der Waals surface area contributed by atoms with Crippen LogP contribution >= 0.6 is 0 Å². The smallest absolute Gasteiger partial charge is 0.330 e. The molecule has 2 rings (SSSR count). The number of nitrogens with zero attached hydrogens (tertiary/aromatic N) is 1. The zero-order valence-electron chi connectivity index (χ0n) is 12.9. The van der Waals surface area contributed by atoms with Crippen molar-refractivity contribution in [2.45, 2.75) is 52.5 Å². The van der Waals surface area contributed by atoms with Crippen molar-refractivity contribution in [1.82, 2.24) is 9.55 Å². The standard InChI is InChI=1S/C15H26N4O2/c1-10(2)9-19-13(16)12(14(20)18-15(19)21)17-8-11-6-4-3-5-7-11/h10-11,17H,3-9,16H2,1-2H3,(H,18,20,21). The number of nitrogens with one attached hydrogen (secondary N) is 2. The number of H-pyrrole nitrogens is 1. The van der Waals surface area contributed by atoms with E-state index in [1.165, 1.54) is 36.7 Å². The van der Waals surface area contributed by atoms with Crippen LogP contribution in [-0.2, 0) is 6.54 Å². The molecule has 6 heteroatoms. The molecular weight excluding hydrogens is 268 g/mol. The highest BCUT2D eigenvalue weighted by atomic mass is 16.2. The van der Waals surface area contributed by atoms with Crippen LogP contribution < -0.4 is 22.3 Å². The lowest BCUT2D eigenvalue weighted by Crippen LogP contribution is -2.35. The Morgan fingerprint density at radius 1 is 1.29 bits per heavy atom. The van der Waals surface area contributed by atoms with Gasteiger partial charge in [-0.3, -0.25) is 14.3 Å². The SMILES string of the molecule is CC(C)Cn1c(N)c(NCC2CCCCC2)c(=O)[nH]c1=O. The summed E-state index contributed by atoms with van der Waals surface area (Å²) in [6.45, 7) is 5.25. The summed E-state index contributed by atoms with van der Waals surface area (Å²) >= 11 is 0. The van der Waals surface area contributed by atoms with E-state index in [0.29, 0.717) is 18.2 Å². The molecule has 0 radical (unpaired) electrons. The first kappa shape index (κ1) is 15.7. The fourth-order valence-electron chi connectivity index (χ4n) is 2.94. The number of hydrogen-bond acceptors (Lipinski definition) is 4. The van der Waals surface area contributed by atoms with E-state index in [1.807, 2.05) is 13.8 Å². The number of rotatable bonds is 5. The largest absolute Gasteiger partial charge is 0.383 e. The second kappa shape index (κ2) is 6.83. The number of hydrogen-bond donors (Lipinski definition) is 3. The van der Waals surface area contributed by atoms with E-state index < -0.39 is 11.2 Å². The summed E-state index contributed by atoms with van der Waals surface area (Å²) in [6, 6.07) is 0. The predicted molar refractivity (Wildman–Crippen MR) is 85.6 cm³/mol. The Morgan fingerprint density at radius 3 is 2.57 bits per heavy atom. The summed E-state index contributed by atoms with van der Waals surface area (Å²) in [5.74, 6) is 1.11. The monoisotopic (exact) mass is 294 g/mol. The van der Waals surface area contributed by atoms with Crippen molar-refractivity contribution >= 4 is 11.5 Å². The number of anilines is 2. The summed E-state index contributed by atoms with van der Waals surface area (Å²) in [4.78, 5) is 26.2. The minimum atomic E-state index is -0.436. The van der Waals surface area contributed by atoms with Gasteiger partial charge in [0.2, 0.25) is 0 Å². The Kier molecular flexibility index (Phi) is 5.09. The van der Waals surface area contributed by atoms with Gasteiger partial charge in [0, 0.05) is 13.1 Å². The molecule has 118 valence electrons. The van der Waals surface area contributed by atoms with Crippen LogP contribution in [-0.4, -0.2) is 16.1 Å². The van der Waals surface area contributed by atoms with Crippen LogP contribution in [0.1, 0.15) is 46.0 Å². The van der Waals surface area contributed by atoms with Gasteiger partial charge in [-0.1, -0.05) is 33.1 Å². The number of nitrogens with two attached hydrogens (primary N) is 1. The van der Waals surface area contributed by atoms with Crippen LogP contribution in [0, 0.1) is 11.8 Å². The van der Waals surface area contributed by atoms with Crippen LogP contribution in [0.4, 0.5) is 11.5 Å². The zero-order valence-corrected chi connectivity index (χ0v) is 12.9. The van der Waals surface area contributed by atoms with E-state index >= 15 is 0 Å². The Morgan fingerprint density at radius 2 is 1.95 bits per heavy atom. The van der Waals surface area contributed by atoms with Crippen molar-refractivity contribution in [3.05, 3.63) is 20.8 Å². The Balaban J connectivity index is 2.18. The fraction of sp³-hybridized carbons (Fsp3) is 0.733. The van der Waals surface area contributed by atoms with Crippen molar-refractivity contribution < 1.29 is 0 Å². The average molecular weight is 294 g/mol. The van der Waals surface area contributed by atoms with Crippen molar-refractivity contribution in [1.29, 1.82) is 0 Å². The summed E-state index contributed by atoms with van der Waals surface area (Å²) < 4.78 is 1.44. The van der Waals surface area contributed by atoms with Crippen molar-refractivity contribution in [2.75, 3.05) is 17.6 Å². The van der Waals surface area contributed by atoms with Gasteiger partial charge in [0.25, 0.3) is 5.56 Å². The lowest BCUT2D eigenvalue weighted by molar-refractivity contribution is 0.373. The third-order valence-corrected chi connectivity index (χ3v) is 4.08. The van der Waals surface area contributed by atoms with Gasteiger partial charge in [-0.15, -0.1) is 0 Å². The summed E-state index contributed by atoms with van der Waals surface area (Å²) in [6.07, 6.45) is 6.20. The van der Waals surface area contributed by atoms with Gasteiger partial charge < -0.3 is 11.1 Å². The molecule has 4 N–H and O–H groups in total. The molecule has 0 amide bonds. The summed E-state index contributed by atoms with van der Waals surface area (Å²) in [5.41, 5.74) is 5.50. The second-order valence-corrected chi connectivity index (χ2v) is 6.41. The molecule has 0 unspecified atom stereocenters. The summed E-state index contributed by atoms with van der Waals surface area (Å²) in [5, 5.41) is 3.16. The number of nitrogen functional groups attached to an aromatic ring is 1. The molecule has 1 aromatic rings. The number of aromatic amines is 1. The van der Waals surface area contributed by atoms with Gasteiger partial charge in [0.15, 0.2) is 0 Å².